The van der Waals surface area contributed by atoms with Gasteiger partial charge < -0.3 is 19.4 Å². The van der Waals surface area contributed by atoms with Gasteiger partial charge in [-0.25, -0.2) is 0 Å². The number of furan rings is 1. The number of ether oxygens (including phenoxy) is 1. The van der Waals surface area contributed by atoms with Crippen molar-refractivity contribution < 1.29 is 18.7 Å². The van der Waals surface area contributed by atoms with E-state index in [1.54, 1.807) is 30.4 Å². The third kappa shape index (κ3) is 3.59. The molecule has 126 valence electrons. The van der Waals surface area contributed by atoms with Crippen LogP contribution in [0.15, 0.2) is 47.1 Å². The Balaban J connectivity index is 1.59. The van der Waals surface area contributed by atoms with Crippen molar-refractivity contribution in [3.63, 3.8) is 0 Å². The maximum atomic E-state index is 12.5. The van der Waals surface area contributed by atoms with E-state index in [4.69, 9.17) is 9.15 Å². The number of benzene rings is 1. The van der Waals surface area contributed by atoms with E-state index in [1.165, 1.54) is 0 Å². The fourth-order valence-corrected chi connectivity index (χ4v) is 2.83. The van der Waals surface area contributed by atoms with E-state index >= 15 is 0 Å². The van der Waals surface area contributed by atoms with Crippen LogP contribution in [0.25, 0.3) is 0 Å². The highest BCUT2D eigenvalue weighted by molar-refractivity contribution is 5.90. The molecular formula is C18H20N2O4. The summed E-state index contributed by atoms with van der Waals surface area (Å²) in [4.78, 5) is 26.1. The predicted molar refractivity (Wildman–Crippen MR) is 87.1 cm³/mol. The van der Waals surface area contributed by atoms with Crippen molar-refractivity contribution in [2.24, 2.45) is 0 Å². The Morgan fingerprint density at radius 1 is 1.33 bits per heavy atom. The summed E-state index contributed by atoms with van der Waals surface area (Å²) in [6, 6.07) is 10.6. The number of hydrogen-bond donors (Lipinski definition) is 1. The van der Waals surface area contributed by atoms with Crippen LogP contribution in [0.2, 0.25) is 0 Å². The lowest BCUT2D eigenvalue weighted by atomic mass is 10.1. The highest BCUT2D eigenvalue weighted by Gasteiger charge is 2.36. The number of nitrogens with zero attached hydrogens (tertiary/aromatic N) is 1. The van der Waals surface area contributed by atoms with Crippen molar-refractivity contribution in [1.82, 2.24) is 10.2 Å². The fourth-order valence-electron chi connectivity index (χ4n) is 2.83. The topological polar surface area (TPSA) is 71.8 Å². The van der Waals surface area contributed by atoms with Crippen molar-refractivity contribution in [3.05, 3.63) is 54.0 Å². The zero-order chi connectivity index (χ0) is 16.9. The summed E-state index contributed by atoms with van der Waals surface area (Å²) in [6.45, 7) is 0.745. The van der Waals surface area contributed by atoms with Gasteiger partial charge in [0, 0.05) is 13.0 Å². The lowest BCUT2D eigenvalue weighted by Gasteiger charge is -2.23. The van der Waals surface area contributed by atoms with Crippen LogP contribution in [0, 0.1) is 0 Å². The van der Waals surface area contributed by atoms with Crippen LogP contribution < -0.4 is 10.1 Å². The summed E-state index contributed by atoms with van der Waals surface area (Å²) < 4.78 is 10.4. The first-order valence-corrected chi connectivity index (χ1v) is 7.90. The number of nitrogens with one attached hydrogen (secondary N) is 1. The van der Waals surface area contributed by atoms with Gasteiger partial charge in [0.2, 0.25) is 11.8 Å². The molecule has 1 N–H and O–H groups in total. The summed E-state index contributed by atoms with van der Waals surface area (Å²) in [5.41, 5.74) is 0.978. The minimum Gasteiger partial charge on any atom is -0.497 e. The Bertz CT molecular complexity index is 694. The maximum Gasteiger partial charge on any atom is 0.243 e. The summed E-state index contributed by atoms with van der Waals surface area (Å²) in [6.07, 6.45) is 2.49. The molecule has 1 fully saturated rings. The molecule has 2 amide bonds. The van der Waals surface area contributed by atoms with E-state index in [0.717, 1.165) is 11.3 Å². The van der Waals surface area contributed by atoms with Gasteiger partial charge >= 0.3 is 0 Å². The number of rotatable bonds is 6. The maximum absolute atomic E-state index is 12.5. The number of likely N-dealkylation sites (tertiary alicyclic amines) is 1. The van der Waals surface area contributed by atoms with E-state index in [9.17, 15) is 9.59 Å². The normalized spacial score (nSPS) is 17.1. The number of hydrogen-bond acceptors (Lipinski definition) is 4. The van der Waals surface area contributed by atoms with Crippen molar-refractivity contribution >= 4 is 11.8 Å². The van der Waals surface area contributed by atoms with E-state index in [-0.39, 0.29) is 11.8 Å². The molecule has 2 aromatic rings. The average molecular weight is 328 g/mol. The molecule has 1 aromatic heterocycles. The van der Waals surface area contributed by atoms with Gasteiger partial charge in [0.1, 0.15) is 17.6 Å². The van der Waals surface area contributed by atoms with Crippen LogP contribution in [0.4, 0.5) is 0 Å². The molecule has 2 heterocycles. The summed E-state index contributed by atoms with van der Waals surface area (Å²) >= 11 is 0. The van der Waals surface area contributed by atoms with Gasteiger partial charge in [0.25, 0.3) is 0 Å². The third-order valence-electron chi connectivity index (χ3n) is 4.16. The largest absolute Gasteiger partial charge is 0.497 e. The van der Waals surface area contributed by atoms with E-state index in [0.29, 0.717) is 31.7 Å². The van der Waals surface area contributed by atoms with Gasteiger partial charge in [-0.15, -0.1) is 0 Å². The second kappa shape index (κ2) is 7.21. The molecule has 1 saturated heterocycles. The molecule has 0 radical (unpaired) electrons. The molecule has 1 aliphatic heterocycles. The fraction of sp³-hybridized carbons (Fsp3) is 0.333. The Hall–Kier alpha value is -2.76. The smallest absolute Gasteiger partial charge is 0.243 e. The second-order valence-corrected chi connectivity index (χ2v) is 5.72. The molecule has 3 rings (SSSR count). The van der Waals surface area contributed by atoms with E-state index < -0.39 is 6.04 Å². The van der Waals surface area contributed by atoms with Gasteiger partial charge in [-0.1, -0.05) is 12.1 Å². The molecule has 24 heavy (non-hydrogen) atoms. The van der Waals surface area contributed by atoms with Crippen molar-refractivity contribution in [2.45, 2.75) is 32.0 Å². The molecule has 0 bridgehead atoms. The second-order valence-electron chi connectivity index (χ2n) is 5.72. The van der Waals surface area contributed by atoms with Gasteiger partial charge in [-0.2, -0.15) is 0 Å². The number of carbonyl (C=O) groups excluding carboxylic acids is 2. The molecular weight excluding hydrogens is 308 g/mol. The SMILES string of the molecule is COc1ccc(CNC(=O)[C@H]2CCC(=O)N2Cc2ccco2)cc1. The van der Waals surface area contributed by atoms with E-state index in [1.807, 2.05) is 24.3 Å². The lowest BCUT2D eigenvalue weighted by Crippen LogP contribution is -2.44. The van der Waals surface area contributed by atoms with Crippen molar-refractivity contribution in [1.29, 1.82) is 0 Å². The Morgan fingerprint density at radius 2 is 2.12 bits per heavy atom. The van der Waals surface area contributed by atoms with Crippen LogP contribution in [0.5, 0.6) is 5.75 Å². The quantitative estimate of drug-likeness (QED) is 0.881. The van der Waals surface area contributed by atoms with Gasteiger partial charge in [-0.3, -0.25) is 9.59 Å². The Kier molecular flexibility index (Phi) is 4.84. The van der Waals surface area contributed by atoms with Gasteiger partial charge in [-0.05, 0) is 36.2 Å². The van der Waals surface area contributed by atoms with Crippen LogP contribution in [0.1, 0.15) is 24.2 Å². The molecule has 6 nitrogen and oxygen atoms in total. The molecule has 1 atom stereocenters. The minimum atomic E-state index is -0.444. The molecule has 0 spiro atoms. The summed E-state index contributed by atoms with van der Waals surface area (Å²) in [5, 5.41) is 2.90. The standard InChI is InChI=1S/C18H20N2O4/c1-23-14-6-4-13(5-7-14)11-19-18(22)16-8-9-17(21)20(16)12-15-3-2-10-24-15/h2-7,10,16H,8-9,11-12H2,1H3,(H,19,22)/t16-/m1/s1. The van der Waals surface area contributed by atoms with Crippen molar-refractivity contribution in [2.75, 3.05) is 7.11 Å². The third-order valence-corrected chi connectivity index (χ3v) is 4.16. The summed E-state index contributed by atoms with van der Waals surface area (Å²) in [7, 11) is 1.61. The first-order chi connectivity index (χ1) is 11.7. The molecule has 1 aliphatic rings. The predicted octanol–water partition coefficient (Wildman–Crippen LogP) is 2.10. The molecule has 0 saturated carbocycles. The minimum absolute atomic E-state index is 0.0176. The monoisotopic (exact) mass is 328 g/mol. The zero-order valence-electron chi connectivity index (χ0n) is 13.5. The zero-order valence-corrected chi connectivity index (χ0v) is 13.5. The number of amides is 2. The molecule has 1 aromatic carbocycles. The molecule has 0 aliphatic carbocycles. The Morgan fingerprint density at radius 3 is 2.79 bits per heavy atom. The Labute approximate surface area is 140 Å². The summed E-state index contributed by atoms with van der Waals surface area (Å²) in [5.74, 6) is 1.30. The van der Waals surface area contributed by atoms with Crippen LogP contribution >= 0.6 is 0 Å². The van der Waals surface area contributed by atoms with Crippen LogP contribution in [-0.2, 0) is 22.7 Å². The first-order valence-electron chi connectivity index (χ1n) is 7.90. The number of carbonyl (C=O) groups is 2. The first kappa shape index (κ1) is 16.1. The highest BCUT2D eigenvalue weighted by Crippen LogP contribution is 2.22. The van der Waals surface area contributed by atoms with Gasteiger partial charge in [0.15, 0.2) is 0 Å². The number of methoxy groups -OCH3 is 1. The van der Waals surface area contributed by atoms with E-state index in [2.05, 4.69) is 5.32 Å². The average Bonchev–Trinajstić information content (AvgIpc) is 3.24. The van der Waals surface area contributed by atoms with Crippen molar-refractivity contribution in [3.8, 4) is 5.75 Å². The molecule has 6 heteroatoms. The lowest BCUT2D eigenvalue weighted by molar-refractivity contribution is -0.136. The van der Waals surface area contributed by atoms with Gasteiger partial charge in [0.05, 0.1) is 19.9 Å². The highest BCUT2D eigenvalue weighted by atomic mass is 16.5. The molecule has 0 unspecified atom stereocenters. The van der Waals surface area contributed by atoms with Crippen LogP contribution in [-0.4, -0.2) is 29.9 Å². The van der Waals surface area contributed by atoms with Crippen LogP contribution in [0.3, 0.4) is 0 Å².